The molecule has 0 aliphatic heterocycles. The molecule has 0 saturated carbocycles. The van der Waals surface area contributed by atoms with Gasteiger partial charge in [0.1, 0.15) is 5.75 Å². The van der Waals surface area contributed by atoms with Crippen LogP contribution in [-0.2, 0) is 19.1 Å². The molecule has 0 unspecified atom stereocenters. The van der Waals surface area contributed by atoms with Crippen LogP contribution >= 0.6 is 11.3 Å². The van der Waals surface area contributed by atoms with E-state index in [1.54, 1.807) is 18.2 Å². The van der Waals surface area contributed by atoms with Gasteiger partial charge < -0.3 is 15.4 Å². The molecule has 1 aromatic carbocycles. The van der Waals surface area contributed by atoms with Gasteiger partial charge in [-0.2, -0.15) is 22.0 Å². The molecule has 0 aliphatic rings. The highest BCUT2D eigenvalue weighted by Gasteiger charge is 2.33. The molecule has 1 aromatic heterocycles. The first kappa shape index (κ1) is 20.9. The van der Waals surface area contributed by atoms with Gasteiger partial charge in [0.2, 0.25) is 0 Å². The average Bonchev–Trinajstić information content (AvgIpc) is 3.08. The van der Waals surface area contributed by atoms with Crippen molar-refractivity contribution in [1.29, 1.82) is 0 Å². The van der Waals surface area contributed by atoms with Crippen molar-refractivity contribution in [3.63, 3.8) is 0 Å². The summed E-state index contributed by atoms with van der Waals surface area (Å²) in [5.41, 5.74) is -0.392. The fourth-order valence-electron chi connectivity index (χ4n) is 2.10. The van der Waals surface area contributed by atoms with Crippen molar-refractivity contribution in [2.45, 2.75) is 25.8 Å². The first-order valence-corrected chi connectivity index (χ1v) is 8.66. The topological polar surface area (TPSA) is 58.5 Å². The van der Waals surface area contributed by atoms with Gasteiger partial charge in [0.25, 0.3) is 0 Å². The fraction of sp³-hybridized carbons (Fsp3) is 0.375. The SMILES string of the molecule is CN=C(NCCc1nc(C(F)(F)F)cs1)NCc1ccccc1OC(F)F. The molecule has 0 atom stereocenters. The Labute approximate surface area is 156 Å². The van der Waals surface area contributed by atoms with E-state index in [0.717, 1.165) is 16.7 Å². The van der Waals surface area contributed by atoms with Crippen LogP contribution in [0.25, 0.3) is 0 Å². The molecule has 11 heteroatoms. The number of guanidine groups is 1. The van der Waals surface area contributed by atoms with Crippen LogP contribution in [0.1, 0.15) is 16.3 Å². The van der Waals surface area contributed by atoms with Gasteiger partial charge in [-0.3, -0.25) is 4.99 Å². The summed E-state index contributed by atoms with van der Waals surface area (Å²) in [6.45, 7) is -2.44. The molecule has 2 N–H and O–H groups in total. The molecule has 0 saturated heterocycles. The van der Waals surface area contributed by atoms with Gasteiger partial charge in [0, 0.05) is 37.5 Å². The van der Waals surface area contributed by atoms with Gasteiger partial charge in [-0.05, 0) is 6.07 Å². The highest BCUT2D eigenvalue weighted by molar-refractivity contribution is 7.09. The van der Waals surface area contributed by atoms with Crippen LogP contribution in [0.3, 0.4) is 0 Å². The predicted octanol–water partition coefficient (Wildman–Crippen LogP) is 3.67. The number of thiazole rings is 1. The van der Waals surface area contributed by atoms with E-state index in [0.29, 0.717) is 23.1 Å². The third-order valence-electron chi connectivity index (χ3n) is 3.33. The summed E-state index contributed by atoms with van der Waals surface area (Å²) < 4.78 is 66.8. The van der Waals surface area contributed by atoms with Gasteiger partial charge in [-0.25, -0.2) is 4.98 Å². The second kappa shape index (κ2) is 9.49. The van der Waals surface area contributed by atoms with Gasteiger partial charge in [0.05, 0.1) is 5.01 Å². The Morgan fingerprint density at radius 1 is 1.26 bits per heavy atom. The fourth-order valence-corrected chi connectivity index (χ4v) is 2.91. The van der Waals surface area contributed by atoms with E-state index in [9.17, 15) is 22.0 Å². The lowest BCUT2D eigenvalue weighted by molar-refractivity contribution is -0.140. The molecule has 2 aromatic rings. The van der Waals surface area contributed by atoms with E-state index in [-0.39, 0.29) is 18.7 Å². The van der Waals surface area contributed by atoms with Crippen LogP contribution in [0.4, 0.5) is 22.0 Å². The summed E-state index contributed by atoms with van der Waals surface area (Å²) in [5, 5.41) is 7.19. The summed E-state index contributed by atoms with van der Waals surface area (Å²) in [5.74, 6) is 0.423. The number of ether oxygens (including phenoxy) is 1. The molecule has 148 valence electrons. The number of halogens is 5. The number of aromatic nitrogens is 1. The largest absolute Gasteiger partial charge is 0.434 e. The highest BCUT2D eigenvalue weighted by atomic mass is 32.1. The Bertz CT molecular complexity index is 763. The zero-order valence-corrected chi connectivity index (χ0v) is 15.0. The molecular weight excluding hydrogens is 391 g/mol. The van der Waals surface area contributed by atoms with Gasteiger partial charge in [-0.15, -0.1) is 11.3 Å². The zero-order valence-electron chi connectivity index (χ0n) is 14.2. The van der Waals surface area contributed by atoms with Crippen LogP contribution in [0.5, 0.6) is 5.75 Å². The van der Waals surface area contributed by atoms with Crippen molar-refractivity contribution in [3.8, 4) is 5.75 Å². The van der Waals surface area contributed by atoms with Gasteiger partial charge in [0.15, 0.2) is 11.7 Å². The lowest BCUT2D eigenvalue weighted by Crippen LogP contribution is -2.38. The third-order valence-corrected chi connectivity index (χ3v) is 4.24. The Hall–Kier alpha value is -2.43. The van der Waals surface area contributed by atoms with E-state index in [1.165, 1.54) is 13.1 Å². The molecule has 5 nitrogen and oxygen atoms in total. The van der Waals surface area contributed by atoms with Crippen molar-refractivity contribution < 1.29 is 26.7 Å². The molecule has 0 radical (unpaired) electrons. The number of rotatable bonds is 7. The van der Waals surface area contributed by atoms with E-state index in [1.807, 2.05) is 0 Å². The van der Waals surface area contributed by atoms with Crippen molar-refractivity contribution in [2.75, 3.05) is 13.6 Å². The molecule has 1 heterocycles. The maximum absolute atomic E-state index is 12.5. The van der Waals surface area contributed by atoms with Gasteiger partial charge >= 0.3 is 12.8 Å². The lowest BCUT2D eigenvalue weighted by atomic mass is 10.2. The molecule has 0 amide bonds. The Morgan fingerprint density at radius 2 is 2.00 bits per heavy atom. The van der Waals surface area contributed by atoms with E-state index < -0.39 is 18.5 Å². The minimum atomic E-state index is -4.45. The van der Waals surface area contributed by atoms with Crippen LogP contribution in [0.15, 0.2) is 34.6 Å². The molecule has 0 fully saturated rings. The van der Waals surface area contributed by atoms with Crippen molar-refractivity contribution in [3.05, 3.63) is 45.9 Å². The molecule has 0 spiro atoms. The molecule has 2 rings (SSSR count). The van der Waals surface area contributed by atoms with Crippen LogP contribution in [0.2, 0.25) is 0 Å². The highest BCUT2D eigenvalue weighted by Crippen LogP contribution is 2.30. The maximum atomic E-state index is 12.5. The Morgan fingerprint density at radius 3 is 2.63 bits per heavy atom. The monoisotopic (exact) mass is 408 g/mol. The first-order valence-electron chi connectivity index (χ1n) is 7.78. The lowest BCUT2D eigenvalue weighted by Gasteiger charge is -2.14. The van der Waals surface area contributed by atoms with E-state index in [4.69, 9.17) is 0 Å². The van der Waals surface area contributed by atoms with Crippen LogP contribution in [0, 0.1) is 0 Å². The standard InChI is InChI=1S/C16H17F5N4OS/c1-22-15(23-7-6-13-25-12(9-27-13)16(19,20)21)24-8-10-4-2-3-5-11(10)26-14(17)18/h2-5,9,14H,6-8H2,1H3,(H2,22,23,24). The Kier molecular flexibility index (Phi) is 7.34. The summed E-state index contributed by atoms with van der Waals surface area (Å²) >= 11 is 0.935. The quantitative estimate of drug-likeness (QED) is 0.417. The molecular formula is C16H17F5N4OS. The molecule has 27 heavy (non-hydrogen) atoms. The number of para-hydroxylation sites is 1. The first-order chi connectivity index (χ1) is 12.8. The number of aliphatic imine (C=N–C) groups is 1. The van der Waals surface area contributed by atoms with Crippen molar-refractivity contribution >= 4 is 17.3 Å². The smallest absolute Gasteiger partial charge is 0.434 e. The number of benzene rings is 1. The number of hydrogen-bond donors (Lipinski definition) is 2. The van der Waals surface area contributed by atoms with Crippen LogP contribution in [-0.4, -0.2) is 31.1 Å². The summed E-state index contributed by atoms with van der Waals surface area (Å²) in [7, 11) is 1.52. The second-order valence-corrected chi connectivity index (χ2v) is 6.16. The van der Waals surface area contributed by atoms with Crippen LogP contribution < -0.4 is 15.4 Å². The third kappa shape index (κ3) is 6.66. The zero-order chi connectivity index (χ0) is 19.9. The predicted molar refractivity (Wildman–Crippen MR) is 92.1 cm³/mol. The summed E-state index contributed by atoms with van der Waals surface area (Å²) in [6.07, 6.45) is -4.17. The molecule has 0 aliphatic carbocycles. The van der Waals surface area contributed by atoms with Crippen molar-refractivity contribution in [1.82, 2.24) is 15.6 Å². The number of alkyl halides is 5. The second-order valence-electron chi connectivity index (χ2n) is 5.21. The average molecular weight is 408 g/mol. The summed E-state index contributed by atoms with van der Waals surface area (Å²) in [6, 6.07) is 6.33. The van der Waals surface area contributed by atoms with Crippen molar-refractivity contribution in [2.24, 2.45) is 4.99 Å². The summed E-state index contributed by atoms with van der Waals surface area (Å²) in [4.78, 5) is 7.52. The van der Waals surface area contributed by atoms with E-state index >= 15 is 0 Å². The van der Waals surface area contributed by atoms with E-state index in [2.05, 4.69) is 25.3 Å². The number of nitrogens with one attached hydrogen (secondary N) is 2. The molecule has 0 bridgehead atoms. The van der Waals surface area contributed by atoms with Gasteiger partial charge in [-0.1, -0.05) is 18.2 Å². The minimum Gasteiger partial charge on any atom is -0.434 e. The number of nitrogens with zero attached hydrogens (tertiary/aromatic N) is 2. The Balaban J connectivity index is 1.84. The normalized spacial score (nSPS) is 12.3. The number of hydrogen-bond acceptors (Lipinski definition) is 4. The minimum absolute atomic E-state index is 0.0536. The maximum Gasteiger partial charge on any atom is 0.434 e.